The van der Waals surface area contributed by atoms with Crippen LogP contribution in [0.25, 0.3) is 11.3 Å². The molecule has 0 aliphatic carbocycles. The van der Waals surface area contributed by atoms with Crippen LogP contribution in [0.4, 0.5) is 4.39 Å². The summed E-state index contributed by atoms with van der Waals surface area (Å²) in [6, 6.07) is 4.04. The van der Waals surface area contributed by atoms with Gasteiger partial charge in [-0.15, -0.1) is 0 Å². The van der Waals surface area contributed by atoms with E-state index in [1.165, 1.54) is 24.5 Å². The number of benzene rings is 1. The number of phenols is 1. The molecule has 0 radical (unpaired) electrons. The van der Waals surface area contributed by atoms with Gasteiger partial charge in [0.05, 0.1) is 0 Å². The minimum Gasteiger partial charge on any atom is -0.505 e. The number of phenolic OH excluding ortho intramolecular Hbond substituents is 1. The van der Waals surface area contributed by atoms with E-state index in [1.807, 2.05) is 0 Å². The van der Waals surface area contributed by atoms with Crippen molar-refractivity contribution in [1.29, 1.82) is 0 Å². The topological polar surface area (TPSA) is 46.3 Å². The van der Waals surface area contributed by atoms with E-state index in [-0.39, 0.29) is 5.75 Å². The number of aryl methyl sites for hydroxylation is 1. The van der Waals surface area contributed by atoms with Crippen molar-refractivity contribution < 1.29 is 13.9 Å². The average molecular weight is 193 g/mol. The van der Waals surface area contributed by atoms with Crippen molar-refractivity contribution in [1.82, 2.24) is 4.98 Å². The fourth-order valence-corrected chi connectivity index (χ4v) is 1.17. The van der Waals surface area contributed by atoms with Crippen LogP contribution in [0, 0.1) is 12.7 Å². The number of hydrogen-bond donors (Lipinski definition) is 1. The largest absolute Gasteiger partial charge is 0.505 e. The Morgan fingerprint density at radius 3 is 2.79 bits per heavy atom. The van der Waals surface area contributed by atoms with Crippen molar-refractivity contribution in [3.05, 3.63) is 36.2 Å². The summed E-state index contributed by atoms with van der Waals surface area (Å²) in [5.41, 5.74) is 1.21. The number of hydrogen-bond acceptors (Lipinski definition) is 3. The molecular formula is C10H8FNO2. The van der Waals surface area contributed by atoms with Gasteiger partial charge >= 0.3 is 0 Å². The zero-order valence-corrected chi connectivity index (χ0v) is 7.49. The highest BCUT2D eigenvalue weighted by Crippen LogP contribution is 2.24. The van der Waals surface area contributed by atoms with Gasteiger partial charge in [0.1, 0.15) is 12.0 Å². The molecule has 1 aromatic carbocycles. The fraction of sp³-hybridized carbons (Fsp3) is 0.100. The molecule has 14 heavy (non-hydrogen) atoms. The van der Waals surface area contributed by atoms with Gasteiger partial charge in [0, 0.05) is 12.5 Å². The van der Waals surface area contributed by atoms with E-state index in [0.717, 1.165) is 0 Å². The Morgan fingerprint density at radius 1 is 1.43 bits per heavy atom. The molecule has 1 heterocycles. The lowest BCUT2D eigenvalue weighted by Crippen LogP contribution is -1.80. The van der Waals surface area contributed by atoms with Gasteiger partial charge in [-0.05, 0) is 18.2 Å². The summed E-state index contributed by atoms with van der Waals surface area (Å²) in [5.74, 6) is -0.499. The van der Waals surface area contributed by atoms with Gasteiger partial charge in [0.15, 0.2) is 17.5 Å². The Hall–Kier alpha value is -1.84. The molecular weight excluding hydrogens is 185 g/mol. The van der Waals surface area contributed by atoms with Crippen LogP contribution in [0.5, 0.6) is 5.75 Å². The van der Waals surface area contributed by atoms with Gasteiger partial charge in [-0.3, -0.25) is 0 Å². The molecule has 0 aliphatic rings. The molecule has 1 aromatic heterocycles. The lowest BCUT2D eigenvalue weighted by Gasteiger charge is -1.97. The molecule has 4 heteroatoms. The second-order valence-corrected chi connectivity index (χ2v) is 2.92. The van der Waals surface area contributed by atoms with E-state index in [4.69, 9.17) is 9.52 Å². The number of rotatable bonds is 1. The Balaban J connectivity index is 2.47. The molecule has 0 fully saturated rings. The Morgan fingerprint density at radius 2 is 2.21 bits per heavy atom. The van der Waals surface area contributed by atoms with Gasteiger partial charge in [0.2, 0.25) is 0 Å². The van der Waals surface area contributed by atoms with Crippen LogP contribution in [0.1, 0.15) is 5.89 Å². The predicted molar refractivity (Wildman–Crippen MR) is 48.3 cm³/mol. The van der Waals surface area contributed by atoms with E-state index >= 15 is 0 Å². The highest BCUT2D eigenvalue weighted by atomic mass is 19.1. The van der Waals surface area contributed by atoms with Gasteiger partial charge < -0.3 is 9.52 Å². The molecule has 0 amide bonds. The summed E-state index contributed by atoms with van der Waals surface area (Å²) in [4.78, 5) is 4.05. The summed E-state index contributed by atoms with van der Waals surface area (Å²) >= 11 is 0. The fourth-order valence-electron chi connectivity index (χ4n) is 1.17. The molecule has 0 bridgehead atoms. The summed E-state index contributed by atoms with van der Waals surface area (Å²) in [6.45, 7) is 1.72. The maximum absolute atomic E-state index is 12.7. The lowest BCUT2D eigenvalue weighted by atomic mass is 10.1. The summed E-state index contributed by atoms with van der Waals surface area (Å²) in [6.07, 6.45) is 1.46. The summed E-state index contributed by atoms with van der Waals surface area (Å²) in [5, 5.41) is 9.13. The normalized spacial score (nSPS) is 10.4. The van der Waals surface area contributed by atoms with Crippen molar-refractivity contribution in [3.63, 3.8) is 0 Å². The number of nitrogens with zero attached hydrogens (tertiary/aromatic N) is 1. The standard InChI is InChI=1S/C10H8FNO2/c1-6-12-9(5-14-6)7-2-3-8(11)10(13)4-7/h2-5,13H,1H3. The highest BCUT2D eigenvalue weighted by molar-refractivity contribution is 5.60. The number of halogens is 1. The molecule has 72 valence electrons. The molecule has 0 saturated carbocycles. The van der Waals surface area contributed by atoms with Crippen LogP contribution >= 0.6 is 0 Å². The summed E-state index contributed by atoms with van der Waals surface area (Å²) < 4.78 is 17.7. The van der Waals surface area contributed by atoms with Crippen LogP contribution in [0.2, 0.25) is 0 Å². The van der Waals surface area contributed by atoms with Gasteiger partial charge in [-0.25, -0.2) is 9.37 Å². The number of aromatic nitrogens is 1. The first-order valence-electron chi connectivity index (χ1n) is 4.08. The Bertz CT molecular complexity index is 465. The van der Waals surface area contributed by atoms with Crippen LogP contribution in [0.3, 0.4) is 0 Å². The molecule has 0 aliphatic heterocycles. The smallest absolute Gasteiger partial charge is 0.191 e. The first-order chi connectivity index (χ1) is 6.66. The zero-order chi connectivity index (χ0) is 10.1. The maximum atomic E-state index is 12.7. The van der Waals surface area contributed by atoms with Crippen LogP contribution in [-0.2, 0) is 0 Å². The first kappa shape index (κ1) is 8.74. The molecule has 0 unspecified atom stereocenters. The van der Waals surface area contributed by atoms with Crippen molar-refractivity contribution >= 4 is 0 Å². The Kier molecular flexibility index (Phi) is 1.96. The highest BCUT2D eigenvalue weighted by Gasteiger charge is 2.06. The SMILES string of the molecule is Cc1nc(-c2ccc(F)c(O)c2)co1. The van der Waals surface area contributed by atoms with E-state index in [1.54, 1.807) is 6.92 Å². The van der Waals surface area contributed by atoms with Crippen molar-refractivity contribution in [2.75, 3.05) is 0 Å². The summed E-state index contributed by atoms with van der Waals surface area (Å²) in [7, 11) is 0. The third-order valence-electron chi connectivity index (χ3n) is 1.86. The van der Waals surface area contributed by atoms with Crippen LogP contribution in [-0.4, -0.2) is 10.1 Å². The molecule has 0 spiro atoms. The van der Waals surface area contributed by atoms with Gasteiger partial charge in [-0.1, -0.05) is 0 Å². The van der Waals surface area contributed by atoms with Gasteiger partial charge in [-0.2, -0.15) is 0 Å². The third-order valence-corrected chi connectivity index (χ3v) is 1.86. The van der Waals surface area contributed by atoms with Crippen molar-refractivity contribution in [2.45, 2.75) is 6.92 Å². The first-order valence-corrected chi connectivity index (χ1v) is 4.08. The average Bonchev–Trinajstić information content (AvgIpc) is 2.57. The minimum absolute atomic E-state index is 0.386. The monoisotopic (exact) mass is 193 g/mol. The van der Waals surface area contributed by atoms with Crippen LogP contribution in [0.15, 0.2) is 28.9 Å². The van der Waals surface area contributed by atoms with E-state index in [2.05, 4.69) is 4.98 Å². The molecule has 3 nitrogen and oxygen atoms in total. The molecule has 2 rings (SSSR count). The second kappa shape index (κ2) is 3.14. The van der Waals surface area contributed by atoms with E-state index in [9.17, 15) is 4.39 Å². The number of aromatic hydroxyl groups is 1. The molecule has 0 atom stereocenters. The minimum atomic E-state index is -0.644. The van der Waals surface area contributed by atoms with Crippen LogP contribution < -0.4 is 0 Å². The lowest BCUT2D eigenvalue weighted by molar-refractivity contribution is 0.432. The molecule has 0 saturated heterocycles. The van der Waals surface area contributed by atoms with E-state index < -0.39 is 5.82 Å². The molecule has 1 N–H and O–H groups in total. The quantitative estimate of drug-likeness (QED) is 0.756. The second-order valence-electron chi connectivity index (χ2n) is 2.92. The van der Waals surface area contributed by atoms with Crippen molar-refractivity contribution in [3.8, 4) is 17.0 Å². The Labute approximate surface area is 79.8 Å². The maximum Gasteiger partial charge on any atom is 0.191 e. The predicted octanol–water partition coefficient (Wildman–Crippen LogP) is 2.49. The van der Waals surface area contributed by atoms with E-state index in [0.29, 0.717) is 17.1 Å². The zero-order valence-electron chi connectivity index (χ0n) is 7.49. The van der Waals surface area contributed by atoms with Gasteiger partial charge in [0.25, 0.3) is 0 Å². The van der Waals surface area contributed by atoms with Crippen molar-refractivity contribution in [2.24, 2.45) is 0 Å². The molecule has 2 aromatic rings. The number of oxazole rings is 1. The third kappa shape index (κ3) is 1.46.